The SMILES string of the molecule is CCNc1cc(CC)nc(CSC2CCCCC2)n1. The summed E-state index contributed by atoms with van der Waals surface area (Å²) < 4.78 is 0. The van der Waals surface area contributed by atoms with Gasteiger partial charge in [-0.15, -0.1) is 0 Å². The maximum absolute atomic E-state index is 4.65. The van der Waals surface area contributed by atoms with Gasteiger partial charge < -0.3 is 5.32 Å². The van der Waals surface area contributed by atoms with Crippen LogP contribution in [0.1, 0.15) is 57.5 Å². The Bertz CT molecular complexity index is 389. The second-order valence-electron chi connectivity index (χ2n) is 5.12. The maximum Gasteiger partial charge on any atom is 0.140 e. The van der Waals surface area contributed by atoms with Crippen LogP contribution >= 0.6 is 11.8 Å². The lowest BCUT2D eigenvalue weighted by molar-refractivity contribution is 0.516. The van der Waals surface area contributed by atoms with E-state index in [1.165, 1.54) is 32.1 Å². The van der Waals surface area contributed by atoms with E-state index in [0.717, 1.165) is 41.3 Å². The predicted octanol–water partition coefficient (Wildman–Crippen LogP) is 4.04. The van der Waals surface area contributed by atoms with Crippen molar-refractivity contribution < 1.29 is 0 Å². The molecule has 3 nitrogen and oxygen atoms in total. The first-order valence-corrected chi connectivity index (χ1v) is 8.59. The molecule has 0 unspecified atom stereocenters. The molecule has 0 amide bonds. The van der Waals surface area contributed by atoms with Crippen molar-refractivity contribution in [2.75, 3.05) is 11.9 Å². The molecule has 0 saturated heterocycles. The molecule has 1 aliphatic carbocycles. The highest BCUT2D eigenvalue weighted by Crippen LogP contribution is 2.30. The summed E-state index contributed by atoms with van der Waals surface area (Å²) >= 11 is 2.04. The lowest BCUT2D eigenvalue weighted by atomic mass is 10.0. The molecule has 0 spiro atoms. The minimum absolute atomic E-state index is 0.824. The fraction of sp³-hybridized carbons (Fsp3) is 0.733. The summed E-state index contributed by atoms with van der Waals surface area (Å²) in [5, 5.41) is 4.12. The van der Waals surface area contributed by atoms with Crippen LogP contribution in [0.4, 0.5) is 5.82 Å². The molecule has 0 bridgehead atoms. The molecule has 1 saturated carbocycles. The van der Waals surface area contributed by atoms with E-state index < -0.39 is 0 Å². The van der Waals surface area contributed by atoms with Crippen molar-refractivity contribution in [3.8, 4) is 0 Å². The average molecular weight is 279 g/mol. The molecule has 1 N–H and O–H groups in total. The zero-order valence-electron chi connectivity index (χ0n) is 12.1. The molecule has 106 valence electrons. The third-order valence-corrected chi connectivity index (χ3v) is 4.91. The normalized spacial score (nSPS) is 16.5. The molecule has 1 heterocycles. The first kappa shape index (κ1) is 14.6. The van der Waals surface area contributed by atoms with E-state index in [4.69, 9.17) is 0 Å². The largest absolute Gasteiger partial charge is 0.370 e. The van der Waals surface area contributed by atoms with Gasteiger partial charge in [-0.3, -0.25) is 0 Å². The minimum atomic E-state index is 0.824. The van der Waals surface area contributed by atoms with Crippen molar-refractivity contribution in [2.24, 2.45) is 0 Å². The van der Waals surface area contributed by atoms with Gasteiger partial charge in [0.1, 0.15) is 11.6 Å². The van der Waals surface area contributed by atoms with E-state index in [1.54, 1.807) is 0 Å². The first-order valence-electron chi connectivity index (χ1n) is 7.54. The molecule has 1 aromatic heterocycles. The zero-order valence-corrected chi connectivity index (χ0v) is 12.9. The molecule has 0 aromatic carbocycles. The van der Waals surface area contributed by atoms with E-state index in [2.05, 4.69) is 35.2 Å². The van der Waals surface area contributed by atoms with Gasteiger partial charge in [-0.2, -0.15) is 11.8 Å². The zero-order chi connectivity index (χ0) is 13.5. The van der Waals surface area contributed by atoms with Crippen LogP contribution in [0.2, 0.25) is 0 Å². The topological polar surface area (TPSA) is 37.8 Å². The Morgan fingerprint density at radius 1 is 1.21 bits per heavy atom. The fourth-order valence-electron chi connectivity index (χ4n) is 2.49. The van der Waals surface area contributed by atoms with E-state index in [0.29, 0.717) is 0 Å². The highest BCUT2D eigenvalue weighted by Gasteiger charge is 2.14. The van der Waals surface area contributed by atoms with E-state index in [9.17, 15) is 0 Å². The highest BCUT2D eigenvalue weighted by atomic mass is 32.2. The molecule has 1 fully saturated rings. The monoisotopic (exact) mass is 279 g/mol. The molecule has 19 heavy (non-hydrogen) atoms. The number of rotatable bonds is 6. The number of aromatic nitrogens is 2. The summed E-state index contributed by atoms with van der Waals surface area (Å²) in [6, 6.07) is 2.07. The number of anilines is 1. The Hall–Kier alpha value is -0.770. The van der Waals surface area contributed by atoms with Crippen LogP contribution in [0.15, 0.2) is 6.07 Å². The number of hydrogen-bond donors (Lipinski definition) is 1. The van der Waals surface area contributed by atoms with Crippen molar-refractivity contribution in [3.63, 3.8) is 0 Å². The summed E-state index contributed by atoms with van der Waals surface area (Å²) in [4.78, 5) is 9.26. The summed E-state index contributed by atoms with van der Waals surface area (Å²) in [6.07, 6.45) is 7.94. The molecule has 1 aliphatic rings. The standard InChI is InChI=1S/C15H25N3S/c1-3-12-10-14(16-4-2)18-15(17-12)11-19-13-8-6-5-7-9-13/h10,13H,3-9,11H2,1-2H3,(H,16,17,18). The summed E-state index contributed by atoms with van der Waals surface area (Å²) in [5.74, 6) is 2.93. The third kappa shape index (κ3) is 4.68. The summed E-state index contributed by atoms with van der Waals surface area (Å²) in [6.45, 7) is 5.16. The van der Waals surface area contributed by atoms with Crippen LogP contribution in [0.5, 0.6) is 0 Å². The molecular weight excluding hydrogens is 254 g/mol. The second kappa shape index (κ2) is 7.73. The smallest absolute Gasteiger partial charge is 0.140 e. The number of nitrogens with one attached hydrogen (secondary N) is 1. The first-order chi connectivity index (χ1) is 9.31. The van der Waals surface area contributed by atoms with Gasteiger partial charge >= 0.3 is 0 Å². The van der Waals surface area contributed by atoms with Crippen LogP contribution in [0.3, 0.4) is 0 Å². The molecule has 0 aliphatic heterocycles. The van der Waals surface area contributed by atoms with Gasteiger partial charge in [0, 0.05) is 23.6 Å². The summed E-state index contributed by atoms with van der Waals surface area (Å²) in [5.41, 5.74) is 1.14. The highest BCUT2D eigenvalue weighted by molar-refractivity contribution is 7.99. The number of aryl methyl sites for hydroxylation is 1. The lowest BCUT2D eigenvalue weighted by Crippen LogP contribution is -2.10. The molecular formula is C15H25N3S. The number of nitrogens with zero attached hydrogens (tertiary/aromatic N) is 2. The van der Waals surface area contributed by atoms with Gasteiger partial charge in [-0.25, -0.2) is 9.97 Å². The van der Waals surface area contributed by atoms with Gasteiger partial charge in [-0.05, 0) is 26.2 Å². The quantitative estimate of drug-likeness (QED) is 0.853. The van der Waals surface area contributed by atoms with Crippen molar-refractivity contribution in [1.82, 2.24) is 9.97 Å². The van der Waals surface area contributed by atoms with Crippen LogP contribution in [-0.2, 0) is 12.2 Å². The Kier molecular flexibility index (Phi) is 5.95. The molecule has 0 atom stereocenters. The van der Waals surface area contributed by atoms with Crippen molar-refractivity contribution in [1.29, 1.82) is 0 Å². The summed E-state index contributed by atoms with van der Waals surface area (Å²) in [7, 11) is 0. The second-order valence-corrected chi connectivity index (χ2v) is 6.40. The van der Waals surface area contributed by atoms with Gasteiger partial charge in [0.15, 0.2) is 0 Å². The van der Waals surface area contributed by atoms with Crippen molar-refractivity contribution >= 4 is 17.6 Å². The van der Waals surface area contributed by atoms with E-state index in [1.807, 2.05) is 11.8 Å². The molecule has 1 aromatic rings. The lowest BCUT2D eigenvalue weighted by Gasteiger charge is -2.20. The Morgan fingerprint density at radius 2 is 2.00 bits per heavy atom. The Balaban J connectivity index is 1.95. The van der Waals surface area contributed by atoms with Gasteiger partial charge in [0.05, 0.1) is 5.75 Å². The molecule has 4 heteroatoms. The van der Waals surface area contributed by atoms with E-state index >= 15 is 0 Å². The van der Waals surface area contributed by atoms with Crippen LogP contribution in [0, 0.1) is 0 Å². The predicted molar refractivity (Wildman–Crippen MR) is 83.7 cm³/mol. The van der Waals surface area contributed by atoms with Crippen LogP contribution in [0.25, 0.3) is 0 Å². The van der Waals surface area contributed by atoms with Crippen molar-refractivity contribution in [2.45, 2.75) is 63.4 Å². The van der Waals surface area contributed by atoms with Gasteiger partial charge in [0.25, 0.3) is 0 Å². The average Bonchev–Trinajstić information content (AvgIpc) is 2.46. The number of thioether (sulfide) groups is 1. The molecule has 2 rings (SSSR count). The van der Waals surface area contributed by atoms with E-state index in [-0.39, 0.29) is 0 Å². The van der Waals surface area contributed by atoms with Gasteiger partial charge in [0.2, 0.25) is 0 Å². The van der Waals surface area contributed by atoms with Crippen LogP contribution < -0.4 is 5.32 Å². The van der Waals surface area contributed by atoms with Crippen molar-refractivity contribution in [3.05, 3.63) is 17.6 Å². The number of hydrogen-bond acceptors (Lipinski definition) is 4. The van der Waals surface area contributed by atoms with Crippen LogP contribution in [-0.4, -0.2) is 21.8 Å². The third-order valence-electron chi connectivity index (χ3n) is 3.55. The van der Waals surface area contributed by atoms with Gasteiger partial charge in [-0.1, -0.05) is 26.2 Å². The Morgan fingerprint density at radius 3 is 2.68 bits per heavy atom. The Labute approximate surface area is 121 Å². The fourth-order valence-corrected chi connectivity index (χ4v) is 3.67. The minimum Gasteiger partial charge on any atom is -0.370 e. The maximum atomic E-state index is 4.65. The molecule has 0 radical (unpaired) electrons.